The van der Waals surface area contributed by atoms with Crippen molar-refractivity contribution >= 4 is 16.6 Å². The van der Waals surface area contributed by atoms with Crippen molar-refractivity contribution in [2.45, 2.75) is 18.9 Å². The molecule has 0 aliphatic carbocycles. The van der Waals surface area contributed by atoms with Gasteiger partial charge in [0.05, 0.1) is 11.6 Å². The Labute approximate surface area is 112 Å². The third-order valence-corrected chi connectivity index (χ3v) is 3.71. The summed E-state index contributed by atoms with van der Waals surface area (Å²) in [4.78, 5) is 6.78. The van der Waals surface area contributed by atoms with Gasteiger partial charge in [-0.05, 0) is 36.4 Å². The molecule has 4 heteroatoms. The summed E-state index contributed by atoms with van der Waals surface area (Å²) in [5.41, 5.74) is 6.62. The molecule has 0 saturated carbocycles. The van der Waals surface area contributed by atoms with Gasteiger partial charge in [-0.25, -0.2) is 4.98 Å². The lowest BCUT2D eigenvalue weighted by molar-refractivity contribution is 0.499. The Morgan fingerprint density at radius 1 is 1.26 bits per heavy atom. The Morgan fingerprint density at radius 2 is 2.05 bits per heavy atom. The first kappa shape index (κ1) is 11.9. The largest absolute Gasteiger partial charge is 0.356 e. The van der Waals surface area contributed by atoms with Crippen molar-refractivity contribution in [3.8, 4) is 6.07 Å². The lowest BCUT2D eigenvalue weighted by Crippen LogP contribution is -2.40. The molecular weight excluding hydrogens is 236 g/mol. The van der Waals surface area contributed by atoms with Crippen LogP contribution >= 0.6 is 0 Å². The maximum absolute atomic E-state index is 9.03. The molecule has 2 N–H and O–H groups in total. The summed E-state index contributed by atoms with van der Waals surface area (Å²) in [6.45, 7) is 1.87. The van der Waals surface area contributed by atoms with Gasteiger partial charge < -0.3 is 10.6 Å². The van der Waals surface area contributed by atoms with Gasteiger partial charge in [0.2, 0.25) is 0 Å². The van der Waals surface area contributed by atoms with E-state index in [1.165, 1.54) is 0 Å². The Morgan fingerprint density at radius 3 is 2.79 bits per heavy atom. The minimum atomic E-state index is 0.306. The maximum atomic E-state index is 9.03. The predicted octanol–water partition coefficient (Wildman–Crippen LogP) is 2.03. The summed E-state index contributed by atoms with van der Waals surface area (Å²) in [7, 11) is 0. The highest BCUT2D eigenvalue weighted by atomic mass is 15.2. The van der Waals surface area contributed by atoms with E-state index in [1.54, 1.807) is 0 Å². The molecule has 19 heavy (non-hydrogen) atoms. The summed E-state index contributed by atoms with van der Waals surface area (Å²) in [6, 6.07) is 10.2. The quantitative estimate of drug-likeness (QED) is 0.843. The molecule has 0 atom stereocenters. The molecule has 1 fully saturated rings. The number of fused-ring (bicyclic) bond motifs is 1. The number of piperidine rings is 1. The minimum absolute atomic E-state index is 0.306. The van der Waals surface area contributed by atoms with Crippen molar-refractivity contribution in [1.82, 2.24) is 4.98 Å². The first-order chi connectivity index (χ1) is 9.28. The van der Waals surface area contributed by atoms with E-state index in [-0.39, 0.29) is 0 Å². The molecule has 1 aromatic heterocycles. The monoisotopic (exact) mass is 252 g/mol. The number of hydrogen-bond donors (Lipinski definition) is 1. The van der Waals surface area contributed by atoms with E-state index in [0.29, 0.717) is 11.6 Å². The van der Waals surface area contributed by atoms with E-state index in [1.807, 2.05) is 30.5 Å². The molecule has 0 bridgehead atoms. The normalized spacial score (nSPS) is 16.5. The van der Waals surface area contributed by atoms with E-state index in [9.17, 15) is 0 Å². The smallest absolute Gasteiger partial charge is 0.136 e. The number of rotatable bonds is 1. The molecule has 96 valence electrons. The highest BCUT2D eigenvalue weighted by Crippen LogP contribution is 2.27. The van der Waals surface area contributed by atoms with Crippen molar-refractivity contribution in [2.75, 3.05) is 18.0 Å². The number of benzene rings is 1. The van der Waals surface area contributed by atoms with Crippen LogP contribution in [-0.4, -0.2) is 24.1 Å². The van der Waals surface area contributed by atoms with Crippen LogP contribution < -0.4 is 10.6 Å². The summed E-state index contributed by atoms with van der Waals surface area (Å²) < 4.78 is 0. The van der Waals surface area contributed by atoms with E-state index >= 15 is 0 Å². The standard InChI is InChI=1S/C15H16N4/c16-10-11-1-2-12-3-6-18-15(14(12)9-11)19-7-4-13(17)5-8-19/h1-3,6,9,13H,4-5,7-8,17H2. The minimum Gasteiger partial charge on any atom is -0.356 e. The van der Waals surface area contributed by atoms with Crippen LogP contribution in [0.3, 0.4) is 0 Å². The van der Waals surface area contributed by atoms with Crippen molar-refractivity contribution in [1.29, 1.82) is 5.26 Å². The Balaban J connectivity index is 2.05. The second-order valence-corrected chi connectivity index (χ2v) is 5.01. The van der Waals surface area contributed by atoms with Crippen molar-refractivity contribution in [3.63, 3.8) is 0 Å². The van der Waals surface area contributed by atoms with Crippen molar-refractivity contribution < 1.29 is 0 Å². The van der Waals surface area contributed by atoms with Gasteiger partial charge in [-0.15, -0.1) is 0 Å². The number of nitrogens with zero attached hydrogens (tertiary/aromatic N) is 3. The fourth-order valence-corrected chi connectivity index (χ4v) is 2.59. The topological polar surface area (TPSA) is 65.9 Å². The van der Waals surface area contributed by atoms with E-state index in [2.05, 4.69) is 16.0 Å². The molecule has 3 rings (SSSR count). The second kappa shape index (κ2) is 4.87. The summed E-state index contributed by atoms with van der Waals surface area (Å²) >= 11 is 0. The van der Waals surface area contributed by atoms with Crippen LogP contribution in [0.15, 0.2) is 30.5 Å². The number of nitrogens with two attached hydrogens (primary N) is 1. The summed E-state index contributed by atoms with van der Waals surface area (Å²) in [6.07, 6.45) is 3.82. The Kier molecular flexibility index (Phi) is 3.06. The van der Waals surface area contributed by atoms with Gasteiger partial charge in [0, 0.05) is 30.7 Å². The fraction of sp³-hybridized carbons (Fsp3) is 0.333. The van der Waals surface area contributed by atoms with Gasteiger partial charge in [-0.3, -0.25) is 0 Å². The summed E-state index contributed by atoms with van der Waals surface area (Å²) in [5.74, 6) is 0.974. The number of pyridine rings is 1. The summed E-state index contributed by atoms with van der Waals surface area (Å²) in [5, 5.41) is 11.2. The molecular formula is C15H16N4. The van der Waals surface area contributed by atoms with Gasteiger partial charge in [-0.1, -0.05) is 6.07 Å². The van der Waals surface area contributed by atoms with E-state index in [0.717, 1.165) is 42.5 Å². The molecule has 1 aliphatic rings. The number of hydrogen-bond acceptors (Lipinski definition) is 4. The predicted molar refractivity (Wildman–Crippen MR) is 75.9 cm³/mol. The third-order valence-electron chi connectivity index (χ3n) is 3.71. The van der Waals surface area contributed by atoms with E-state index in [4.69, 9.17) is 11.0 Å². The van der Waals surface area contributed by atoms with Crippen LogP contribution in [0.5, 0.6) is 0 Å². The lowest BCUT2D eigenvalue weighted by Gasteiger charge is -2.31. The molecule has 1 aliphatic heterocycles. The second-order valence-electron chi connectivity index (χ2n) is 5.01. The number of anilines is 1. The van der Waals surface area contributed by atoms with Crippen LogP contribution in [0.4, 0.5) is 5.82 Å². The van der Waals surface area contributed by atoms with Crippen LogP contribution in [0, 0.1) is 11.3 Å². The zero-order chi connectivity index (χ0) is 13.2. The Hall–Kier alpha value is -2.12. The molecule has 0 amide bonds. The van der Waals surface area contributed by atoms with Gasteiger partial charge in [0.1, 0.15) is 5.82 Å². The first-order valence-electron chi connectivity index (χ1n) is 6.57. The zero-order valence-electron chi connectivity index (χ0n) is 10.7. The van der Waals surface area contributed by atoms with Gasteiger partial charge in [0.15, 0.2) is 0 Å². The molecule has 0 spiro atoms. The lowest BCUT2D eigenvalue weighted by atomic mass is 10.0. The van der Waals surface area contributed by atoms with Gasteiger partial charge in [0.25, 0.3) is 0 Å². The Bertz CT molecular complexity index is 636. The molecule has 1 saturated heterocycles. The molecule has 0 unspecified atom stereocenters. The fourth-order valence-electron chi connectivity index (χ4n) is 2.59. The highest BCUT2D eigenvalue weighted by molar-refractivity contribution is 5.93. The molecule has 1 aromatic carbocycles. The molecule has 2 heterocycles. The highest BCUT2D eigenvalue weighted by Gasteiger charge is 2.18. The molecule has 2 aromatic rings. The van der Waals surface area contributed by atoms with Crippen LogP contribution in [0.25, 0.3) is 10.8 Å². The molecule has 0 radical (unpaired) electrons. The third kappa shape index (κ3) is 2.25. The zero-order valence-corrected chi connectivity index (χ0v) is 10.7. The van der Waals surface area contributed by atoms with Crippen molar-refractivity contribution in [3.05, 3.63) is 36.0 Å². The van der Waals surface area contributed by atoms with Crippen molar-refractivity contribution in [2.24, 2.45) is 5.73 Å². The maximum Gasteiger partial charge on any atom is 0.136 e. The van der Waals surface area contributed by atoms with Crippen LogP contribution in [-0.2, 0) is 0 Å². The molecule has 4 nitrogen and oxygen atoms in total. The van der Waals surface area contributed by atoms with Crippen LogP contribution in [0.1, 0.15) is 18.4 Å². The van der Waals surface area contributed by atoms with E-state index < -0.39 is 0 Å². The SMILES string of the molecule is N#Cc1ccc2ccnc(N3CCC(N)CC3)c2c1. The number of aromatic nitrogens is 1. The van der Waals surface area contributed by atoms with Gasteiger partial charge >= 0.3 is 0 Å². The average Bonchev–Trinajstić information content (AvgIpc) is 2.47. The average molecular weight is 252 g/mol. The van der Waals surface area contributed by atoms with Crippen LogP contribution in [0.2, 0.25) is 0 Å². The first-order valence-corrected chi connectivity index (χ1v) is 6.57. The van der Waals surface area contributed by atoms with Gasteiger partial charge in [-0.2, -0.15) is 5.26 Å². The number of nitriles is 1.